The molecule has 1 saturated heterocycles. The summed E-state index contributed by atoms with van der Waals surface area (Å²) in [7, 11) is 1.85. The molecule has 2 aromatic rings. The number of hydrogen-bond acceptors (Lipinski definition) is 3. The van der Waals surface area contributed by atoms with Crippen LogP contribution < -0.4 is 15.5 Å². The molecule has 5 heteroatoms. The van der Waals surface area contributed by atoms with E-state index in [9.17, 15) is 0 Å². The maximum atomic E-state index is 4.44. The SMILES string of the molecule is CN=C(NCc1ccc(N2CC=CC2)cc1)NC1CC(C)N(Cc2ccccc2)C1. The number of hydrogen-bond donors (Lipinski definition) is 2. The first-order chi connectivity index (χ1) is 14.7. The van der Waals surface area contributed by atoms with Gasteiger partial charge in [0.15, 0.2) is 5.96 Å². The minimum Gasteiger partial charge on any atom is -0.364 e. The van der Waals surface area contributed by atoms with Crippen LogP contribution in [0.3, 0.4) is 0 Å². The van der Waals surface area contributed by atoms with Crippen LogP contribution in [0.15, 0.2) is 71.7 Å². The summed E-state index contributed by atoms with van der Waals surface area (Å²) < 4.78 is 0. The highest BCUT2D eigenvalue weighted by Crippen LogP contribution is 2.20. The Kier molecular flexibility index (Phi) is 6.70. The van der Waals surface area contributed by atoms with Gasteiger partial charge in [0.25, 0.3) is 0 Å². The minimum absolute atomic E-state index is 0.417. The molecule has 2 atom stereocenters. The molecule has 2 heterocycles. The number of nitrogens with zero attached hydrogens (tertiary/aromatic N) is 3. The number of aliphatic imine (C=N–C) groups is 1. The molecule has 0 spiro atoms. The van der Waals surface area contributed by atoms with E-state index < -0.39 is 0 Å². The average molecular weight is 404 g/mol. The van der Waals surface area contributed by atoms with Crippen molar-refractivity contribution in [1.29, 1.82) is 0 Å². The Labute approximate surface area is 180 Å². The van der Waals surface area contributed by atoms with Crippen molar-refractivity contribution >= 4 is 11.6 Å². The standard InChI is InChI=1S/C25H33N5/c1-20-16-23(19-30(20)18-22-8-4-3-5-9-22)28-25(26-2)27-17-21-10-12-24(13-11-21)29-14-6-7-15-29/h3-13,20,23H,14-19H2,1-2H3,(H2,26,27,28). The van der Waals surface area contributed by atoms with Gasteiger partial charge in [-0.05, 0) is 36.6 Å². The van der Waals surface area contributed by atoms with E-state index in [1.165, 1.54) is 16.8 Å². The summed E-state index contributed by atoms with van der Waals surface area (Å²) in [6.07, 6.45) is 5.57. The summed E-state index contributed by atoms with van der Waals surface area (Å²) in [5.74, 6) is 0.876. The molecule has 0 radical (unpaired) electrons. The van der Waals surface area contributed by atoms with Gasteiger partial charge in [0.2, 0.25) is 0 Å². The Morgan fingerprint density at radius 1 is 1.00 bits per heavy atom. The zero-order valence-electron chi connectivity index (χ0n) is 18.1. The van der Waals surface area contributed by atoms with Gasteiger partial charge in [-0.2, -0.15) is 0 Å². The van der Waals surface area contributed by atoms with Crippen molar-refractivity contribution in [3.8, 4) is 0 Å². The highest BCUT2D eigenvalue weighted by molar-refractivity contribution is 5.80. The zero-order chi connectivity index (χ0) is 20.8. The molecule has 0 amide bonds. The minimum atomic E-state index is 0.417. The second-order valence-corrected chi connectivity index (χ2v) is 8.31. The van der Waals surface area contributed by atoms with E-state index in [1.54, 1.807) is 0 Å². The molecule has 4 rings (SSSR count). The molecule has 2 aromatic carbocycles. The van der Waals surface area contributed by atoms with Crippen molar-refractivity contribution in [1.82, 2.24) is 15.5 Å². The number of rotatable bonds is 6. The van der Waals surface area contributed by atoms with Crippen LogP contribution in [0.4, 0.5) is 5.69 Å². The Balaban J connectivity index is 1.25. The summed E-state index contributed by atoms with van der Waals surface area (Å²) in [5.41, 5.74) is 3.92. The van der Waals surface area contributed by atoms with Gasteiger partial charge in [-0.3, -0.25) is 9.89 Å². The topological polar surface area (TPSA) is 42.9 Å². The van der Waals surface area contributed by atoms with Crippen LogP contribution in [0.5, 0.6) is 0 Å². The molecule has 2 aliphatic rings. The van der Waals surface area contributed by atoms with Crippen molar-refractivity contribution in [3.05, 3.63) is 77.9 Å². The highest BCUT2D eigenvalue weighted by Gasteiger charge is 2.29. The Morgan fingerprint density at radius 2 is 1.73 bits per heavy atom. The first kappa shape index (κ1) is 20.5. The molecular weight excluding hydrogens is 370 g/mol. The van der Waals surface area contributed by atoms with Crippen molar-refractivity contribution in [2.24, 2.45) is 4.99 Å². The van der Waals surface area contributed by atoms with Crippen LogP contribution in [0.2, 0.25) is 0 Å². The van der Waals surface area contributed by atoms with Crippen LogP contribution in [0.1, 0.15) is 24.5 Å². The van der Waals surface area contributed by atoms with Crippen LogP contribution in [-0.2, 0) is 13.1 Å². The molecule has 0 saturated carbocycles. The van der Waals surface area contributed by atoms with E-state index in [1.807, 2.05) is 7.05 Å². The lowest BCUT2D eigenvalue weighted by molar-refractivity contribution is 0.258. The summed E-state index contributed by atoms with van der Waals surface area (Å²) in [4.78, 5) is 9.35. The summed E-state index contributed by atoms with van der Waals surface area (Å²) >= 11 is 0. The lowest BCUT2D eigenvalue weighted by atomic mass is 10.2. The van der Waals surface area contributed by atoms with Crippen molar-refractivity contribution in [2.45, 2.75) is 38.5 Å². The second-order valence-electron chi connectivity index (χ2n) is 8.31. The van der Waals surface area contributed by atoms with Gasteiger partial charge in [-0.25, -0.2) is 0 Å². The normalized spacial score (nSPS) is 21.9. The molecule has 5 nitrogen and oxygen atoms in total. The number of guanidine groups is 1. The molecule has 1 fully saturated rings. The van der Waals surface area contributed by atoms with Crippen LogP contribution in [0, 0.1) is 0 Å². The maximum absolute atomic E-state index is 4.44. The molecule has 158 valence electrons. The van der Waals surface area contributed by atoms with E-state index in [4.69, 9.17) is 0 Å². The smallest absolute Gasteiger partial charge is 0.191 e. The number of benzene rings is 2. The summed E-state index contributed by atoms with van der Waals surface area (Å²) in [5, 5.41) is 7.09. The Morgan fingerprint density at radius 3 is 2.43 bits per heavy atom. The fourth-order valence-corrected chi connectivity index (χ4v) is 4.33. The van der Waals surface area contributed by atoms with E-state index in [2.05, 4.69) is 99.1 Å². The van der Waals surface area contributed by atoms with Crippen molar-refractivity contribution < 1.29 is 0 Å². The van der Waals surface area contributed by atoms with Gasteiger partial charge in [0, 0.05) is 57.5 Å². The third-order valence-electron chi connectivity index (χ3n) is 6.08. The number of nitrogens with one attached hydrogen (secondary N) is 2. The van der Waals surface area contributed by atoms with E-state index in [0.717, 1.165) is 45.1 Å². The zero-order valence-corrected chi connectivity index (χ0v) is 18.1. The van der Waals surface area contributed by atoms with Gasteiger partial charge in [-0.1, -0.05) is 54.6 Å². The largest absolute Gasteiger partial charge is 0.364 e. The van der Waals surface area contributed by atoms with Crippen LogP contribution >= 0.6 is 0 Å². The van der Waals surface area contributed by atoms with E-state index in [-0.39, 0.29) is 0 Å². The van der Waals surface area contributed by atoms with Gasteiger partial charge < -0.3 is 15.5 Å². The summed E-state index contributed by atoms with van der Waals surface area (Å²) in [6.45, 7) is 7.15. The van der Waals surface area contributed by atoms with Gasteiger partial charge in [0.1, 0.15) is 0 Å². The molecule has 2 N–H and O–H groups in total. The Hall–Kier alpha value is -2.79. The quantitative estimate of drug-likeness (QED) is 0.441. The van der Waals surface area contributed by atoms with E-state index in [0.29, 0.717) is 12.1 Å². The van der Waals surface area contributed by atoms with E-state index >= 15 is 0 Å². The Bertz CT molecular complexity index is 851. The number of likely N-dealkylation sites (tertiary alicyclic amines) is 1. The van der Waals surface area contributed by atoms with Gasteiger partial charge in [-0.15, -0.1) is 0 Å². The molecule has 0 aromatic heterocycles. The molecule has 0 bridgehead atoms. The first-order valence-corrected chi connectivity index (χ1v) is 11.0. The predicted molar refractivity (Wildman–Crippen MR) is 126 cm³/mol. The van der Waals surface area contributed by atoms with Crippen molar-refractivity contribution in [3.63, 3.8) is 0 Å². The van der Waals surface area contributed by atoms with Gasteiger partial charge in [0.05, 0.1) is 0 Å². The van der Waals surface area contributed by atoms with Crippen LogP contribution in [0.25, 0.3) is 0 Å². The molecular formula is C25H33N5. The molecule has 2 unspecified atom stereocenters. The fraction of sp³-hybridized carbons (Fsp3) is 0.400. The predicted octanol–water partition coefficient (Wildman–Crippen LogP) is 3.39. The third kappa shape index (κ3) is 5.22. The van der Waals surface area contributed by atoms with Crippen LogP contribution in [-0.4, -0.2) is 49.6 Å². The highest BCUT2D eigenvalue weighted by atomic mass is 15.3. The maximum Gasteiger partial charge on any atom is 0.191 e. The monoisotopic (exact) mass is 403 g/mol. The first-order valence-electron chi connectivity index (χ1n) is 11.0. The second kappa shape index (κ2) is 9.81. The molecule has 30 heavy (non-hydrogen) atoms. The molecule has 2 aliphatic heterocycles. The lowest BCUT2D eigenvalue weighted by Gasteiger charge is -2.21. The fourth-order valence-electron chi connectivity index (χ4n) is 4.33. The molecule has 0 aliphatic carbocycles. The lowest BCUT2D eigenvalue weighted by Crippen LogP contribution is -2.44. The third-order valence-corrected chi connectivity index (χ3v) is 6.08. The van der Waals surface area contributed by atoms with Gasteiger partial charge >= 0.3 is 0 Å². The number of anilines is 1. The summed E-state index contributed by atoms with van der Waals surface area (Å²) in [6, 6.07) is 20.5. The van der Waals surface area contributed by atoms with Crippen molar-refractivity contribution in [2.75, 3.05) is 31.6 Å². The average Bonchev–Trinajstić information content (AvgIpc) is 3.43.